The maximum atomic E-state index is 12.5. The van der Waals surface area contributed by atoms with Gasteiger partial charge in [0.25, 0.3) is 0 Å². The average molecular weight is 426 g/mol. The Morgan fingerprint density at radius 1 is 1.03 bits per heavy atom. The molecule has 2 amide bonds. The van der Waals surface area contributed by atoms with Crippen LogP contribution in [0.1, 0.15) is 28.4 Å². The molecule has 1 fully saturated rings. The van der Waals surface area contributed by atoms with Gasteiger partial charge in [0.2, 0.25) is 0 Å². The monoisotopic (exact) mass is 425 g/mol. The minimum absolute atomic E-state index is 0.0618. The van der Waals surface area contributed by atoms with E-state index in [9.17, 15) is 14.7 Å². The molecule has 0 aromatic heterocycles. The van der Waals surface area contributed by atoms with E-state index < -0.39 is 6.10 Å². The van der Waals surface area contributed by atoms with E-state index in [0.717, 1.165) is 16.8 Å². The summed E-state index contributed by atoms with van der Waals surface area (Å²) in [6, 6.07) is 13.1. The fourth-order valence-electron chi connectivity index (χ4n) is 3.55. The molecule has 2 N–H and O–H groups in total. The molecule has 0 spiro atoms. The lowest BCUT2D eigenvalue weighted by molar-refractivity contribution is 0.0521. The minimum Gasteiger partial charge on any atom is -0.490 e. The zero-order chi connectivity index (χ0) is 22.4. The molecular weight excluding hydrogens is 394 g/mol. The molecule has 2 aromatic rings. The van der Waals surface area contributed by atoms with E-state index >= 15 is 0 Å². The lowest BCUT2D eigenvalue weighted by atomic mass is 10.1. The number of rotatable bonds is 7. The lowest BCUT2D eigenvalue weighted by Crippen LogP contribution is -2.52. The average Bonchev–Trinajstić information content (AvgIpc) is 2.75. The second-order valence-electron chi connectivity index (χ2n) is 8.10. The Kier molecular flexibility index (Phi) is 7.65. The number of aliphatic hydroxyl groups excluding tert-OH is 1. The highest BCUT2D eigenvalue weighted by atomic mass is 16.5. The van der Waals surface area contributed by atoms with Gasteiger partial charge in [-0.15, -0.1) is 0 Å². The lowest BCUT2D eigenvalue weighted by Gasteiger charge is -2.35. The number of anilines is 1. The molecule has 1 heterocycles. The van der Waals surface area contributed by atoms with Crippen LogP contribution in [0.15, 0.2) is 42.5 Å². The van der Waals surface area contributed by atoms with E-state index in [4.69, 9.17) is 4.74 Å². The number of urea groups is 1. The fraction of sp³-hybridized carbons (Fsp3) is 0.417. The van der Waals surface area contributed by atoms with Crippen molar-refractivity contribution in [3.05, 3.63) is 59.2 Å². The van der Waals surface area contributed by atoms with Crippen molar-refractivity contribution in [2.24, 2.45) is 0 Å². The molecule has 1 saturated heterocycles. The van der Waals surface area contributed by atoms with Crippen LogP contribution in [0, 0.1) is 13.8 Å². The number of ketones is 1. The first kappa shape index (κ1) is 22.8. The maximum absolute atomic E-state index is 12.5. The molecule has 1 aliphatic rings. The van der Waals surface area contributed by atoms with Crippen LogP contribution in [0.5, 0.6) is 5.75 Å². The van der Waals surface area contributed by atoms with Crippen LogP contribution in [-0.2, 0) is 0 Å². The van der Waals surface area contributed by atoms with Crippen molar-refractivity contribution in [3.63, 3.8) is 0 Å². The summed E-state index contributed by atoms with van der Waals surface area (Å²) in [4.78, 5) is 28.2. The van der Waals surface area contributed by atoms with Gasteiger partial charge >= 0.3 is 6.03 Å². The van der Waals surface area contributed by atoms with Crippen LogP contribution in [0.2, 0.25) is 0 Å². The first-order chi connectivity index (χ1) is 14.8. The zero-order valence-corrected chi connectivity index (χ0v) is 18.4. The number of nitrogens with one attached hydrogen (secondary N) is 1. The van der Waals surface area contributed by atoms with Gasteiger partial charge in [0.15, 0.2) is 5.78 Å². The third kappa shape index (κ3) is 6.54. The molecule has 2 aromatic carbocycles. The van der Waals surface area contributed by atoms with Crippen LogP contribution in [0.4, 0.5) is 10.5 Å². The van der Waals surface area contributed by atoms with Crippen molar-refractivity contribution in [1.82, 2.24) is 9.80 Å². The van der Waals surface area contributed by atoms with Gasteiger partial charge in [0.1, 0.15) is 18.5 Å². The highest BCUT2D eigenvalue weighted by molar-refractivity contribution is 5.97. The van der Waals surface area contributed by atoms with E-state index in [2.05, 4.69) is 10.2 Å². The number of carbonyl (C=O) groups excluding carboxylic acids is 2. The van der Waals surface area contributed by atoms with Crippen LogP contribution in [0.25, 0.3) is 0 Å². The Morgan fingerprint density at radius 2 is 1.68 bits per heavy atom. The second-order valence-corrected chi connectivity index (χ2v) is 8.10. The third-order valence-corrected chi connectivity index (χ3v) is 5.38. The van der Waals surface area contributed by atoms with E-state index in [-0.39, 0.29) is 18.4 Å². The molecule has 166 valence electrons. The number of aryl methyl sites for hydroxylation is 2. The second kappa shape index (κ2) is 10.4. The topological polar surface area (TPSA) is 82.1 Å². The largest absolute Gasteiger partial charge is 0.490 e. The predicted octanol–water partition coefficient (Wildman–Crippen LogP) is 3.10. The Labute approximate surface area is 183 Å². The molecule has 0 aliphatic carbocycles. The number of aliphatic hydroxyl groups is 1. The van der Waals surface area contributed by atoms with Crippen molar-refractivity contribution in [2.45, 2.75) is 26.9 Å². The Balaban J connectivity index is 1.43. The number of β-amino-alcohol motifs (C(OH)–C–C–N with tert-alkyl or cyclic N) is 1. The first-order valence-corrected chi connectivity index (χ1v) is 10.6. The van der Waals surface area contributed by atoms with Gasteiger partial charge in [-0.05, 0) is 45.0 Å². The van der Waals surface area contributed by atoms with Crippen molar-refractivity contribution >= 4 is 17.5 Å². The highest BCUT2D eigenvalue weighted by Crippen LogP contribution is 2.21. The van der Waals surface area contributed by atoms with Crippen LogP contribution in [0.3, 0.4) is 0 Å². The van der Waals surface area contributed by atoms with Crippen molar-refractivity contribution in [1.29, 1.82) is 0 Å². The Bertz CT molecular complexity index is 906. The van der Waals surface area contributed by atoms with Gasteiger partial charge in [0, 0.05) is 38.4 Å². The number of Topliss-reactive ketones (excluding diaryl/α,β-unsaturated/α-hetero) is 1. The van der Waals surface area contributed by atoms with Gasteiger partial charge in [-0.1, -0.05) is 29.3 Å². The molecule has 1 aliphatic heterocycles. The summed E-state index contributed by atoms with van der Waals surface area (Å²) in [5.41, 5.74) is 3.45. The first-order valence-electron chi connectivity index (χ1n) is 10.6. The number of hydrogen-bond acceptors (Lipinski definition) is 5. The maximum Gasteiger partial charge on any atom is 0.321 e. The van der Waals surface area contributed by atoms with Crippen molar-refractivity contribution in [3.8, 4) is 5.75 Å². The van der Waals surface area contributed by atoms with Crippen LogP contribution < -0.4 is 10.1 Å². The molecule has 0 unspecified atom stereocenters. The summed E-state index contributed by atoms with van der Waals surface area (Å²) in [5, 5.41) is 13.3. The number of amides is 2. The van der Waals surface area contributed by atoms with E-state index in [1.165, 1.54) is 6.92 Å². The molecule has 0 saturated carbocycles. The number of ether oxygens (including phenoxy) is 1. The number of piperazine rings is 1. The zero-order valence-electron chi connectivity index (χ0n) is 18.4. The third-order valence-electron chi connectivity index (χ3n) is 5.38. The van der Waals surface area contributed by atoms with Crippen molar-refractivity contribution < 1.29 is 19.4 Å². The Hall–Kier alpha value is -2.90. The number of hydrogen-bond donors (Lipinski definition) is 2. The standard InChI is InChI=1S/C24H31N3O4/c1-17-4-7-20(8-5-17)25-24(30)27-12-10-26(11-13-27)15-21(29)16-31-23-9-6-18(2)14-22(23)19(3)28/h4-9,14,21,29H,10-13,15-16H2,1-3H3,(H,25,30)/t21-/m1/s1. The molecule has 31 heavy (non-hydrogen) atoms. The van der Waals surface area contributed by atoms with E-state index in [1.807, 2.05) is 44.2 Å². The molecule has 7 nitrogen and oxygen atoms in total. The molecule has 1 atom stereocenters. The van der Waals surface area contributed by atoms with Crippen LogP contribution >= 0.6 is 0 Å². The minimum atomic E-state index is -0.686. The van der Waals surface area contributed by atoms with Gasteiger partial charge < -0.3 is 20.1 Å². The van der Waals surface area contributed by atoms with Crippen LogP contribution in [-0.4, -0.2) is 72.2 Å². The van der Waals surface area contributed by atoms with E-state index in [1.54, 1.807) is 17.0 Å². The highest BCUT2D eigenvalue weighted by Gasteiger charge is 2.23. The number of nitrogens with zero attached hydrogens (tertiary/aromatic N) is 2. The summed E-state index contributed by atoms with van der Waals surface area (Å²) in [6.07, 6.45) is -0.686. The fourth-order valence-corrected chi connectivity index (χ4v) is 3.55. The number of carbonyl (C=O) groups is 2. The van der Waals surface area contributed by atoms with Gasteiger partial charge in [-0.25, -0.2) is 4.79 Å². The van der Waals surface area contributed by atoms with Gasteiger partial charge in [0.05, 0.1) is 5.56 Å². The summed E-state index contributed by atoms with van der Waals surface area (Å²) < 4.78 is 5.72. The molecule has 0 bridgehead atoms. The van der Waals surface area contributed by atoms with E-state index in [0.29, 0.717) is 44.0 Å². The summed E-state index contributed by atoms with van der Waals surface area (Å²) in [6.45, 7) is 8.55. The smallest absolute Gasteiger partial charge is 0.321 e. The van der Waals surface area contributed by atoms with Gasteiger partial charge in [-0.3, -0.25) is 9.69 Å². The Morgan fingerprint density at radius 3 is 2.32 bits per heavy atom. The molecule has 0 radical (unpaired) electrons. The summed E-state index contributed by atoms with van der Waals surface area (Å²) >= 11 is 0. The predicted molar refractivity (Wildman–Crippen MR) is 121 cm³/mol. The van der Waals surface area contributed by atoms with Crippen molar-refractivity contribution in [2.75, 3.05) is 44.6 Å². The van der Waals surface area contributed by atoms with Gasteiger partial charge in [-0.2, -0.15) is 0 Å². The molecular formula is C24H31N3O4. The number of benzene rings is 2. The normalized spacial score (nSPS) is 15.4. The molecule has 7 heteroatoms. The molecule has 3 rings (SSSR count). The quantitative estimate of drug-likeness (QED) is 0.666. The summed E-state index contributed by atoms with van der Waals surface area (Å²) in [5.74, 6) is 0.433. The summed E-state index contributed by atoms with van der Waals surface area (Å²) in [7, 11) is 0. The SMILES string of the molecule is CC(=O)c1cc(C)ccc1OC[C@H](O)CN1CCN(C(=O)Nc2ccc(C)cc2)CC1.